The first kappa shape index (κ1) is 15.2. The molecule has 0 aliphatic heterocycles. The van der Waals surface area contributed by atoms with Gasteiger partial charge in [0.15, 0.2) is 11.6 Å². The van der Waals surface area contributed by atoms with Crippen molar-refractivity contribution in [2.75, 3.05) is 0 Å². The zero-order chi connectivity index (χ0) is 16.2. The Morgan fingerprint density at radius 3 is 1.61 bits per heavy atom. The number of rotatable bonds is 4. The molecule has 0 heterocycles. The van der Waals surface area contributed by atoms with E-state index in [4.69, 9.17) is 11.6 Å². The number of benzene rings is 3. The SMILES string of the molecule is O=C(c1ccccc1)c1ccc(Cl)cc1C(=O)c1ccccc1. The van der Waals surface area contributed by atoms with Crippen LogP contribution in [0.1, 0.15) is 31.8 Å². The molecule has 0 aromatic heterocycles. The average molecular weight is 321 g/mol. The van der Waals surface area contributed by atoms with Crippen LogP contribution in [0.2, 0.25) is 5.02 Å². The predicted octanol–water partition coefficient (Wildman–Crippen LogP) is 4.80. The van der Waals surface area contributed by atoms with E-state index in [0.29, 0.717) is 27.3 Å². The van der Waals surface area contributed by atoms with Crippen LogP contribution in [0.25, 0.3) is 0 Å². The molecule has 0 bridgehead atoms. The summed E-state index contributed by atoms with van der Waals surface area (Å²) in [4.78, 5) is 25.5. The molecule has 3 rings (SSSR count). The van der Waals surface area contributed by atoms with Gasteiger partial charge in [0.2, 0.25) is 0 Å². The molecule has 0 unspecified atom stereocenters. The summed E-state index contributed by atoms with van der Waals surface area (Å²) >= 11 is 6.04. The van der Waals surface area contributed by atoms with Crippen LogP contribution in [0.3, 0.4) is 0 Å². The molecule has 0 fully saturated rings. The molecule has 0 aliphatic carbocycles. The molecule has 0 radical (unpaired) electrons. The number of carbonyl (C=O) groups excluding carboxylic acids is 2. The van der Waals surface area contributed by atoms with Crippen molar-refractivity contribution in [1.82, 2.24) is 0 Å². The minimum absolute atomic E-state index is 0.193. The number of ketones is 2. The smallest absolute Gasteiger partial charge is 0.193 e. The summed E-state index contributed by atoms with van der Waals surface area (Å²) in [5.74, 6) is -0.408. The molecule has 0 saturated carbocycles. The molecule has 0 amide bonds. The minimum Gasteiger partial charge on any atom is -0.289 e. The molecular formula is C20H13ClO2. The normalized spacial score (nSPS) is 10.3. The van der Waals surface area contributed by atoms with Gasteiger partial charge in [0, 0.05) is 27.3 Å². The lowest BCUT2D eigenvalue weighted by Gasteiger charge is -2.09. The van der Waals surface area contributed by atoms with Crippen LogP contribution in [-0.2, 0) is 0 Å². The second-order valence-electron chi connectivity index (χ2n) is 5.08. The Morgan fingerprint density at radius 1 is 0.609 bits per heavy atom. The maximum Gasteiger partial charge on any atom is 0.193 e. The van der Waals surface area contributed by atoms with Crippen LogP contribution < -0.4 is 0 Å². The van der Waals surface area contributed by atoms with Crippen LogP contribution >= 0.6 is 11.6 Å². The first-order chi connectivity index (χ1) is 11.2. The lowest BCUT2D eigenvalue weighted by molar-refractivity contribution is 0.100. The van der Waals surface area contributed by atoms with Gasteiger partial charge in [-0.3, -0.25) is 9.59 Å². The van der Waals surface area contributed by atoms with Crippen molar-refractivity contribution in [1.29, 1.82) is 0 Å². The third-order valence-corrected chi connectivity index (χ3v) is 3.78. The van der Waals surface area contributed by atoms with Crippen LogP contribution in [-0.4, -0.2) is 11.6 Å². The molecule has 2 nitrogen and oxygen atoms in total. The van der Waals surface area contributed by atoms with Gasteiger partial charge in [0.25, 0.3) is 0 Å². The highest BCUT2D eigenvalue weighted by Gasteiger charge is 2.19. The molecule has 23 heavy (non-hydrogen) atoms. The second-order valence-corrected chi connectivity index (χ2v) is 5.52. The summed E-state index contributed by atoms with van der Waals surface area (Å²) in [5, 5.41) is 0.425. The van der Waals surface area contributed by atoms with E-state index in [0.717, 1.165) is 0 Å². The highest BCUT2D eigenvalue weighted by Crippen LogP contribution is 2.22. The van der Waals surface area contributed by atoms with E-state index >= 15 is 0 Å². The first-order valence-corrected chi connectivity index (χ1v) is 7.53. The molecule has 3 heteroatoms. The summed E-state index contributed by atoms with van der Waals surface area (Å²) in [6, 6.07) is 22.5. The van der Waals surface area contributed by atoms with Gasteiger partial charge in [-0.25, -0.2) is 0 Å². The quantitative estimate of drug-likeness (QED) is 0.647. The molecule has 112 valence electrons. The molecule has 0 spiro atoms. The Hall–Kier alpha value is -2.71. The van der Waals surface area contributed by atoms with Gasteiger partial charge in [0.1, 0.15) is 0 Å². The molecular weight excluding hydrogens is 308 g/mol. The highest BCUT2D eigenvalue weighted by molar-refractivity contribution is 6.31. The Kier molecular flexibility index (Phi) is 4.35. The van der Waals surface area contributed by atoms with E-state index in [-0.39, 0.29) is 11.6 Å². The molecule has 0 saturated heterocycles. The lowest BCUT2D eigenvalue weighted by atomic mass is 9.93. The van der Waals surface area contributed by atoms with Crippen molar-refractivity contribution in [2.24, 2.45) is 0 Å². The number of hydrogen-bond acceptors (Lipinski definition) is 2. The molecule has 0 N–H and O–H groups in total. The lowest BCUT2D eigenvalue weighted by Crippen LogP contribution is -2.11. The summed E-state index contributed by atoms with van der Waals surface area (Å²) in [7, 11) is 0. The largest absolute Gasteiger partial charge is 0.289 e. The maximum atomic E-state index is 12.7. The van der Waals surface area contributed by atoms with Crippen LogP contribution in [0.4, 0.5) is 0 Å². The Labute approximate surface area is 139 Å². The zero-order valence-electron chi connectivity index (χ0n) is 12.2. The Balaban J connectivity index is 2.09. The summed E-state index contributed by atoms with van der Waals surface area (Å²) in [5.41, 5.74) is 1.74. The topological polar surface area (TPSA) is 34.1 Å². The number of halogens is 1. The summed E-state index contributed by atoms with van der Waals surface area (Å²) in [6.07, 6.45) is 0. The van der Waals surface area contributed by atoms with E-state index < -0.39 is 0 Å². The summed E-state index contributed by atoms with van der Waals surface area (Å²) < 4.78 is 0. The van der Waals surface area contributed by atoms with Crippen LogP contribution in [0.5, 0.6) is 0 Å². The Bertz CT molecular complexity index is 855. The van der Waals surface area contributed by atoms with E-state index in [1.165, 1.54) is 0 Å². The fourth-order valence-electron chi connectivity index (χ4n) is 2.39. The van der Waals surface area contributed by atoms with E-state index in [2.05, 4.69) is 0 Å². The Morgan fingerprint density at radius 2 is 1.09 bits per heavy atom. The average Bonchev–Trinajstić information content (AvgIpc) is 2.62. The van der Waals surface area contributed by atoms with Crippen molar-refractivity contribution in [3.63, 3.8) is 0 Å². The van der Waals surface area contributed by atoms with Crippen molar-refractivity contribution in [2.45, 2.75) is 0 Å². The van der Waals surface area contributed by atoms with Gasteiger partial charge in [0.05, 0.1) is 0 Å². The first-order valence-electron chi connectivity index (χ1n) is 7.16. The van der Waals surface area contributed by atoms with Gasteiger partial charge in [-0.05, 0) is 18.2 Å². The van der Waals surface area contributed by atoms with Gasteiger partial charge < -0.3 is 0 Å². The fraction of sp³-hybridized carbons (Fsp3) is 0. The maximum absolute atomic E-state index is 12.7. The van der Waals surface area contributed by atoms with Crippen molar-refractivity contribution < 1.29 is 9.59 Å². The predicted molar refractivity (Wildman–Crippen MR) is 91.2 cm³/mol. The standard InChI is InChI=1S/C20H13ClO2/c21-16-11-12-17(19(22)14-7-3-1-4-8-14)18(13-16)20(23)15-9-5-2-6-10-15/h1-13H. The van der Waals surface area contributed by atoms with Crippen molar-refractivity contribution >= 4 is 23.2 Å². The molecule has 3 aromatic carbocycles. The number of hydrogen-bond donors (Lipinski definition) is 0. The van der Waals surface area contributed by atoms with E-state index in [1.54, 1.807) is 66.7 Å². The van der Waals surface area contributed by atoms with Gasteiger partial charge in [-0.1, -0.05) is 72.3 Å². The van der Waals surface area contributed by atoms with Gasteiger partial charge in [-0.2, -0.15) is 0 Å². The highest BCUT2D eigenvalue weighted by atomic mass is 35.5. The third kappa shape index (κ3) is 3.22. The fourth-order valence-corrected chi connectivity index (χ4v) is 2.56. The minimum atomic E-state index is -0.215. The second kappa shape index (κ2) is 6.59. The van der Waals surface area contributed by atoms with Crippen molar-refractivity contribution in [3.8, 4) is 0 Å². The zero-order valence-corrected chi connectivity index (χ0v) is 13.0. The summed E-state index contributed by atoms with van der Waals surface area (Å²) in [6.45, 7) is 0. The molecule has 0 aliphatic rings. The monoisotopic (exact) mass is 320 g/mol. The van der Waals surface area contributed by atoms with Crippen LogP contribution in [0.15, 0.2) is 78.9 Å². The van der Waals surface area contributed by atoms with Gasteiger partial charge in [-0.15, -0.1) is 0 Å². The molecule has 3 aromatic rings. The van der Waals surface area contributed by atoms with Crippen LogP contribution in [0, 0.1) is 0 Å². The van der Waals surface area contributed by atoms with Crippen molar-refractivity contribution in [3.05, 3.63) is 106 Å². The van der Waals surface area contributed by atoms with Gasteiger partial charge >= 0.3 is 0 Å². The van der Waals surface area contributed by atoms with E-state index in [9.17, 15) is 9.59 Å². The third-order valence-electron chi connectivity index (χ3n) is 3.54. The van der Waals surface area contributed by atoms with E-state index in [1.807, 2.05) is 12.1 Å². The number of carbonyl (C=O) groups is 2. The molecule has 0 atom stereocenters.